The van der Waals surface area contributed by atoms with Crippen molar-refractivity contribution in [3.05, 3.63) is 72.8 Å². The van der Waals surface area contributed by atoms with Gasteiger partial charge in [-0.2, -0.15) is 13.2 Å². The Balaban J connectivity index is 1.94. The minimum absolute atomic E-state index is 0.00264. The Labute approximate surface area is 200 Å². The van der Waals surface area contributed by atoms with E-state index in [1.165, 1.54) is 35.1 Å². The van der Waals surface area contributed by atoms with Gasteiger partial charge in [0.15, 0.2) is 9.84 Å². The topological polar surface area (TPSA) is 121 Å². The molecule has 35 heavy (non-hydrogen) atoms. The lowest BCUT2D eigenvalue weighted by Crippen LogP contribution is -2.33. The molecule has 0 aliphatic carbocycles. The monoisotopic (exact) mass is 527 g/mol. The van der Waals surface area contributed by atoms with Crippen LogP contribution in [0.15, 0.2) is 82.6 Å². The van der Waals surface area contributed by atoms with E-state index in [0.717, 1.165) is 18.4 Å². The lowest BCUT2D eigenvalue weighted by Gasteiger charge is -2.15. The minimum atomic E-state index is -4.75. The van der Waals surface area contributed by atoms with Crippen LogP contribution in [-0.4, -0.2) is 41.8 Å². The molecule has 3 rings (SSSR count). The van der Waals surface area contributed by atoms with Crippen molar-refractivity contribution in [2.45, 2.75) is 16.0 Å². The molecule has 3 N–H and O–H groups in total. The first kappa shape index (κ1) is 26.2. The van der Waals surface area contributed by atoms with E-state index in [9.17, 15) is 34.8 Å². The Morgan fingerprint density at radius 2 is 1.51 bits per heavy atom. The van der Waals surface area contributed by atoms with Crippen LogP contribution in [0.1, 0.15) is 0 Å². The van der Waals surface area contributed by atoms with Crippen LogP contribution in [0.3, 0.4) is 0 Å². The average molecular weight is 528 g/mol. The molecule has 0 saturated carbocycles. The normalized spacial score (nSPS) is 12.2. The predicted octanol–water partition coefficient (Wildman–Crippen LogP) is 4.24. The number of hydrogen-bond acceptors (Lipinski definition) is 5. The number of rotatable bonds is 7. The second-order valence-corrected chi connectivity index (χ2v) is 11.2. The van der Waals surface area contributed by atoms with Crippen LogP contribution in [0.4, 0.5) is 29.3 Å². The molecule has 0 fully saturated rings. The Bertz CT molecular complexity index is 1440. The second kappa shape index (κ2) is 10.1. The maximum atomic E-state index is 12.7. The van der Waals surface area contributed by atoms with Gasteiger partial charge >= 0.3 is 12.2 Å². The van der Waals surface area contributed by atoms with Gasteiger partial charge in [-0.25, -0.2) is 26.4 Å². The summed E-state index contributed by atoms with van der Waals surface area (Å²) >= 11 is 0. The highest BCUT2D eigenvalue weighted by Crippen LogP contribution is 2.31. The first-order valence-electron chi connectivity index (χ1n) is 9.89. The standard InChI is InChI=1S/C22H20F3N3O5S2/c1-34(30,31)17-9-5-8-16(12-17)27-21(29)28-20-13-18(35(32,33)26-14-22(23,24)25)10-11-19(20)15-6-3-2-4-7-15/h2-13,26H,14H2,1H3,(H2,27,28,29). The van der Waals surface area contributed by atoms with Crippen LogP contribution < -0.4 is 15.4 Å². The fourth-order valence-electron chi connectivity index (χ4n) is 3.01. The molecular weight excluding hydrogens is 507 g/mol. The van der Waals surface area contributed by atoms with Crippen molar-refractivity contribution < 1.29 is 34.8 Å². The highest BCUT2D eigenvalue weighted by atomic mass is 32.2. The summed E-state index contributed by atoms with van der Waals surface area (Å²) in [4.78, 5) is 12.1. The van der Waals surface area contributed by atoms with Gasteiger partial charge in [-0.1, -0.05) is 42.5 Å². The van der Waals surface area contributed by atoms with Gasteiger partial charge in [0, 0.05) is 17.5 Å². The first-order valence-corrected chi connectivity index (χ1v) is 13.3. The van der Waals surface area contributed by atoms with Gasteiger partial charge in [-0.05, 0) is 35.9 Å². The lowest BCUT2D eigenvalue weighted by atomic mass is 10.0. The number of sulfonamides is 1. The summed E-state index contributed by atoms with van der Waals surface area (Å²) in [5.74, 6) is 0. The Kier molecular flexibility index (Phi) is 7.53. The lowest BCUT2D eigenvalue weighted by molar-refractivity contribution is -0.121. The van der Waals surface area contributed by atoms with E-state index >= 15 is 0 Å². The largest absolute Gasteiger partial charge is 0.402 e. The number of carbonyl (C=O) groups is 1. The quantitative estimate of drug-likeness (QED) is 0.424. The van der Waals surface area contributed by atoms with Gasteiger partial charge in [-0.15, -0.1) is 0 Å². The number of amides is 2. The number of urea groups is 1. The molecule has 0 aromatic heterocycles. The summed E-state index contributed by atoms with van der Waals surface area (Å²) in [6.07, 6.45) is -3.74. The van der Waals surface area contributed by atoms with E-state index in [2.05, 4.69) is 10.6 Å². The SMILES string of the molecule is CS(=O)(=O)c1cccc(NC(=O)Nc2cc(S(=O)(=O)NCC(F)(F)F)ccc2-c2ccccc2)c1. The number of anilines is 2. The molecule has 0 aliphatic heterocycles. The molecule has 0 atom stereocenters. The fraction of sp³-hybridized carbons (Fsp3) is 0.136. The number of nitrogens with one attached hydrogen (secondary N) is 3. The molecule has 0 bridgehead atoms. The molecule has 0 aliphatic rings. The summed E-state index contributed by atoms with van der Waals surface area (Å²) in [6.45, 7) is -1.75. The molecule has 0 spiro atoms. The summed E-state index contributed by atoms with van der Waals surface area (Å²) in [5, 5.41) is 4.94. The number of benzene rings is 3. The van der Waals surface area contributed by atoms with Crippen molar-refractivity contribution in [3.8, 4) is 11.1 Å². The van der Waals surface area contributed by atoms with E-state index in [1.54, 1.807) is 30.3 Å². The Hall–Kier alpha value is -3.42. The molecule has 0 unspecified atom stereocenters. The van der Waals surface area contributed by atoms with E-state index in [4.69, 9.17) is 0 Å². The maximum Gasteiger partial charge on any atom is 0.402 e. The van der Waals surface area contributed by atoms with E-state index in [0.29, 0.717) is 11.1 Å². The fourth-order valence-corrected chi connectivity index (χ4v) is 4.72. The van der Waals surface area contributed by atoms with Crippen LogP contribution in [-0.2, 0) is 19.9 Å². The number of sulfone groups is 1. The summed E-state index contributed by atoms with van der Waals surface area (Å²) < 4.78 is 87.3. The molecule has 0 heterocycles. The third-order valence-electron chi connectivity index (χ3n) is 4.62. The van der Waals surface area contributed by atoms with Crippen LogP contribution in [0.2, 0.25) is 0 Å². The van der Waals surface area contributed by atoms with E-state index in [-0.39, 0.29) is 16.3 Å². The third kappa shape index (κ3) is 7.28. The van der Waals surface area contributed by atoms with Gasteiger partial charge in [0.2, 0.25) is 10.0 Å². The number of hydrogen-bond donors (Lipinski definition) is 3. The molecule has 8 nitrogen and oxygen atoms in total. The van der Waals surface area contributed by atoms with Crippen LogP contribution in [0.5, 0.6) is 0 Å². The molecule has 0 radical (unpaired) electrons. The molecule has 3 aromatic carbocycles. The number of carbonyl (C=O) groups excluding carboxylic acids is 1. The average Bonchev–Trinajstić information content (AvgIpc) is 2.77. The van der Waals surface area contributed by atoms with Crippen molar-refractivity contribution in [1.29, 1.82) is 0 Å². The summed E-state index contributed by atoms with van der Waals surface area (Å²) in [6, 6.07) is 16.7. The Morgan fingerprint density at radius 3 is 2.14 bits per heavy atom. The predicted molar refractivity (Wildman–Crippen MR) is 125 cm³/mol. The van der Waals surface area contributed by atoms with Gasteiger partial charge < -0.3 is 10.6 Å². The van der Waals surface area contributed by atoms with Crippen molar-refractivity contribution in [1.82, 2.24) is 4.72 Å². The van der Waals surface area contributed by atoms with E-state index < -0.39 is 43.5 Å². The number of halogens is 3. The second-order valence-electron chi connectivity index (χ2n) is 7.39. The maximum absolute atomic E-state index is 12.7. The van der Waals surface area contributed by atoms with Gasteiger partial charge in [-0.3, -0.25) is 0 Å². The zero-order valence-corrected chi connectivity index (χ0v) is 19.8. The highest BCUT2D eigenvalue weighted by Gasteiger charge is 2.30. The smallest absolute Gasteiger partial charge is 0.308 e. The van der Waals surface area contributed by atoms with Crippen molar-refractivity contribution in [2.24, 2.45) is 0 Å². The van der Waals surface area contributed by atoms with E-state index in [1.807, 2.05) is 0 Å². The van der Waals surface area contributed by atoms with Gasteiger partial charge in [0.25, 0.3) is 0 Å². The zero-order chi connectivity index (χ0) is 25.9. The summed E-state index contributed by atoms with van der Waals surface area (Å²) in [7, 11) is -8.07. The molecule has 3 aromatic rings. The number of alkyl halides is 3. The highest BCUT2D eigenvalue weighted by molar-refractivity contribution is 7.90. The minimum Gasteiger partial charge on any atom is -0.308 e. The molecule has 186 valence electrons. The molecular formula is C22H20F3N3O5S2. The van der Waals surface area contributed by atoms with Crippen molar-refractivity contribution in [2.75, 3.05) is 23.4 Å². The Morgan fingerprint density at radius 1 is 0.829 bits per heavy atom. The van der Waals surface area contributed by atoms with Crippen molar-refractivity contribution in [3.63, 3.8) is 0 Å². The van der Waals surface area contributed by atoms with Crippen LogP contribution >= 0.6 is 0 Å². The van der Waals surface area contributed by atoms with Crippen molar-refractivity contribution >= 4 is 37.3 Å². The van der Waals surface area contributed by atoms with Gasteiger partial charge in [0.1, 0.15) is 6.54 Å². The first-order chi connectivity index (χ1) is 16.2. The summed E-state index contributed by atoms with van der Waals surface area (Å²) in [5.41, 5.74) is 1.17. The molecule has 13 heteroatoms. The molecule has 2 amide bonds. The van der Waals surface area contributed by atoms with Crippen LogP contribution in [0.25, 0.3) is 11.1 Å². The zero-order valence-electron chi connectivity index (χ0n) is 18.1. The third-order valence-corrected chi connectivity index (χ3v) is 7.13. The van der Waals surface area contributed by atoms with Crippen LogP contribution in [0, 0.1) is 0 Å². The van der Waals surface area contributed by atoms with Gasteiger partial charge in [0.05, 0.1) is 15.5 Å². The molecule has 0 saturated heterocycles.